The van der Waals surface area contributed by atoms with Crippen LogP contribution < -0.4 is 0 Å². The highest BCUT2D eigenvalue weighted by Gasteiger charge is 2.82. The zero-order valence-corrected chi connectivity index (χ0v) is 19.1. The molecule has 0 heterocycles. The second-order valence-corrected chi connectivity index (χ2v) is 8.84. The molecule has 0 nitrogen and oxygen atoms in total. The third-order valence-corrected chi connectivity index (χ3v) is 4.93. The largest absolute Gasteiger partial charge is 0.460 e. The highest BCUT2D eigenvalue weighted by Crippen LogP contribution is 2.57. The molecule has 0 spiro atoms. The van der Waals surface area contributed by atoms with Crippen LogP contribution in [0.2, 0.25) is 0 Å². The predicted octanol–water partition coefficient (Wildman–Crippen LogP) is 8.45. The van der Waals surface area contributed by atoms with Crippen LogP contribution in [0, 0.1) is 24.2 Å². The maximum atomic E-state index is 14.7. The number of rotatable bonds is 4. The fourth-order valence-corrected chi connectivity index (χ4v) is 2.97. The summed E-state index contributed by atoms with van der Waals surface area (Å²) in [5, 5.41) is 0. The van der Waals surface area contributed by atoms with Crippen molar-refractivity contribution in [2.45, 2.75) is 51.6 Å². The van der Waals surface area contributed by atoms with E-state index < -0.39 is 34.9 Å². The molecule has 188 valence electrons. The van der Waals surface area contributed by atoms with Gasteiger partial charge in [-0.25, -0.2) is 0 Å². The first-order valence-corrected chi connectivity index (χ1v) is 10.2. The second-order valence-electron chi connectivity index (χ2n) is 8.84. The molecule has 35 heavy (non-hydrogen) atoms. The van der Waals surface area contributed by atoms with Crippen LogP contribution in [0.4, 0.5) is 39.5 Å². The number of aryl methyl sites for hydroxylation is 1. The lowest BCUT2D eigenvalue weighted by atomic mass is 9.79. The van der Waals surface area contributed by atoms with Crippen LogP contribution in [0.15, 0.2) is 59.8 Å². The molecule has 9 heteroatoms. The minimum absolute atomic E-state index is 0.121. The van der Waals surface area contributed by atoms with Gasteiger partial charge in [0, 0.05) is 11.1 Å². The normalized spacial score (nSPS) is 12.9. The summed E-state index contributed by atoms with van der Waals surface area (Å²) >= 11 is 0. The van der Waals surface area contributed by atoms with Crippen molar-refractivity contribution in [2.24, 2.45) is 5.41 Å². The van der Waals surface area contributed by atoms with Crippen molar-refractivity contribution < 1.29 is 39.5 Å². The molecule has 0 unspecified atom stereocenters. The van der Waals surface area contributed by atoms with E-state index in [0.717, 1.165) is 32.4 Å². The summed E-state index contributed by atoms with van der Waals surface area (Å²) in [6, 6.07) is 13.0. The monoisotopic (exact) mass is 504 g/mol. The molecule has 0 radical (unpaired) electrons. The average molecular weight is 504 g/mol. The maximum Gasteiger partial charge on any atom is 0.460 e. The van der Waals surface area contributed by atoms with Gasteiger partial charge >= 0.3 is 23.9 Å². The van der Waals surface area contributed by atoms with Crippen LogP contribution in [0.5, 0.6) is 0 Å². The highest BCUT2D eigenvalue weighted by molar-refractivity contribution is 5.60. The third-order valence-electron chi connectivity index (χ3n) is 4.93. The number of allylic oxidation sites excluding steroid dienone is 1. The summed E-state index contributed by atoms with van der Waals surface area (Å²) in [7, 11) is 0. The second kappa shape index (κ2) is 9.50. The SMILES string of the molecule is Cc1ccc(C#Cc2ccccc2C=C=C(C(C)(C)C)C(F)(F)C(F)(F)C(F)(F)C(F)(F)F)cc1. The van der Waals surface area contributed by atoms with Gasteiger partial charge in [-0.1, -0.05) is 68.5 Å². The first kappa shape index (κ1) is 28.1. The fourth-order valence-electron chi connectivity index (χ4n) is 2.97. The van der Waals surface area contributed by atoms with Gasteiger partial charge in [0.15, 0.2) is 0 Å². The van der Waals surface area contributed by atoms with Crippen LogP contribution in [0.3, 0.4) is 0 Å². The molecule has 0 aliphatic carbocycles. The van der Waals surface area contributed by atoms with E-state index >= 15 is 0 Å². The molecular weight excluding hydrogens is 483 g/mol. The Kier molecular flexibility index (Phi) is 7.64. The molecule has 0 N–H and O–H groups in total. The van der Waals surface area contributed by atoms with E-state index in [0.29, 0.717) is 5.56 Å². The molecule has 2 aromatic carbocycles. The molecule has 0 amide bonds. The van der Waals surface area contributed by atoms with Crippen molar-refractivity contribution in [1.82, 2.24) is 0 Å². The maximum absolute atomic E-state index is 14.7. The van der Waals surface area contributed by atoms with E-state index in [1.54, 1.807) is 18.2 Å². The molecule has 0 aromatic heterocycles. The molecule has 0 saturated heterocycles. The Balaban J connectivity index is 2.66. The van der Waals surface area contributed by atoms with Gasteiger partial charge < -0.3 is 0 Å². The van der Waals surface area contributed by atoms with E-state index in [4.69, 9.17) is 0 Å². The van der Waals surface area contributed by atoms with Gasteiger partial charge in [0.2, 0.25) is 0 Å². The van der Waals surface area contributed by atoms with Crippen LogP contribution in [-0.4, -0.2) is 23.9 Å². The Labute approximate surface area is 197 Å². The molecular formula is C26H21F9. The molecule has 0 saturated carbocycles. The van der Waals surface area contributed by atoms with Crippen LogP contribution in [0.25, 0.3) is 6.08 Å². The van der Waals surface area contributed by atoms with Gasteiger partial charge in [-0.15, -0.1) is 5.73 Å². The topological polar surface area (TPSA) is 0 Å². The number of alkyl halides is 9. The van der Waals surface area contributed by atoms with Crippen molar-refractivity contribution in [1.29, 1.82) is 0 Å². The summed E-state index contributed by atoms with van der Waals surface area (Å²) in [5.41, 5.74) is 0.220. The Morgan fingerprint density at radius 2 is 1.26 bits per heavy atom. The molecule has 0 aliphatic rings. The van der Waals surface area contributed by atoms with Gasteiger partial charge in [-0.05, 0) is 42.2 Å². The fraction of sp³-hybridized carbons (Fsp3) is 0.346. The summed E-state index contributed by atoms with van der Waals surface area (Å²) in [6.07, 6.45) is -6.08. The molecule has 2 rings (SSSR count). The van der Waals surface area contributed by atoms with Crippen LogP contribution in [0.1, 0.15) is 43.0 Å². The van der Waals surface area contributed by atoms with Crippen molar-refractivity contribution in [3.05, 3.63) is 82.1 Å². The minimum atomic E-state index is -6.99. The lowest BCUT2D eigenvalue weighted by molar-refractivity contribution is -0.390. The summed E-state index contributed by atoms with van der Waals surface area (Å²) in [5.74, 6) is -14.0. The van der Waals surface area contributed by atoms with Gasteiger partial charge in [-0.2, -0.15) is 39.5 Å². The van der Waals surface area contributed by atoms with E-state index in [1.807, 2.05) is 24.8 Å². The van der Waals surface area contributed by atoms with Crippen molar-refractivity contribution in [3.63, 3.8) is 0 Å². The number of hydrogen-bond donors (Lipinski definition) is 0. The molecule has 2 aromatic rings. The average Bonchev–Trinajstić information content (AvgIpc) is 2.72. The van der Waals surface area contributed by atoms with E-state index in [9.17, 15) is 39.5 Å². The zero-order valence-electron chi connectivity index (χ0n) is 19.1. The van der Waals surface area contributed by atoms with E-state index in [1.165, 1.54) is 18.2 Å². The molecule has 0 fully saturated rings. The van der Waals surface area contributed by atoms with Crippen LogP contribution in [-0.2, 0) is 0 Å². The molecule has 0 aliphatic heterocycles. The lowest BCUT2D eigenvalue weighted by Crippen LogP contribution is -2.62. The number of halogens is 9. The van der Waals surface area contributed by atoms with Gasteiger partial charge in [0.25, 0.3) is 0 Å². The number of benzene rings is 2. The Morgan fingerprint density at radius 3 is 1.77 bits per heavy atom. The quantitative estimate of drug-likeness (QED) is 0.223. The summed E-state index contributed by atoms with van der Waals surface area (Å²) in [6.45, 7) is 4.80. The Hall–Kier alpha value is -3.11. The smallest absolute Gasteiger partial charge is 0.194 e. The summed E-state index contributed by atoms with van der Waals surface area (Å²) in [4.78, 5) is 0. The van der Waals surface area contributed by atoms with Gasteiger partial charge in [0.1, 0.15) is 0 Å². The molecule has 0 atom stereocenters. The molecule has 0 bridgehead atoms. The van der Waals surface area contributed by atoms with Gasteiger partial charge in [-0.3, -0.25) is 0 Å². The zero-order chi connectivity index (χ0) is 26.9. The minimum Gasteiger partial charge on any atom is -0.194 e. The summed E-state index contributed by atoms with van der Waals surface area (Å²) < 4.78 is 122. The standard InChI is InChI=1S/C26H21F9/c1-17-9-11-18(12-10-17)13-14-19-7-5-6-8-20(19)15-16-21(22(2,3)4)23(27,28)24(29,30)25(31,32)26(33,34)35/h5-12,15H,1-4H3. The first-order valence-electron chi connectivity index (χ1n) is 10.2. The third kappa shape index (κ3) is 5.76. The van der Waals surface area contributed by atoms with Crippen molar-refractivity contribution in [2.75, 3.05) is 0 Å². The first-order chi connectivity index (χ1) is 15.8. The lowest BCUT2D eigenvalue weighted by Gasteiger charge is -2.37. The Morgan fingerprint density at radius 1 is 0.714 bits per heavy atom. The van der Waals surface area contributed by atoms with Crippen molar-refractivity contribution >= 4 is 6.08 Å². The predicted molar refractivity (Wildman–Crippen MR) is 115 cm³/mol. The highest BCUT2D eigenvalue weighted by atomic mass is 19.4. The van der Waals surface area contributed by atoms with Crippen molar-refractivity contribution in [3.8, 4) is 11.8 Å². The number of hydrogen-bond acceptors (Lipinski definition) is 0. The Bertz CT molecular complexity index is 1180. The van der Waals surface area contributed by atoms with E-state index in [-0.39, 0.29) is 11.1 Å². The van der Waals surface area contributed by atoms with E-state index in [2.05, 4.69) is 11.8 Å². The van der Waals surface area contributed by atoms with Gasteiger partial charge in [0.05, 0.1) is 5.57 Å². The van der Waals surface area contributed by atoms with Crippen LogP contribution >= 0.6 is 0 Å².